The van der Waals surface area contributed by atoms with Crippen molar-refractivity contribution in [2.45, 2.75) is 32.9 Å². The van der Waals surface area contributed by atoms with Gasteiger partial charge in [-0.2, -0.15) is 0 Å². The van der Waals surface area contributed by atoms with Gasteiger partial charge in [0.25, 0.3) is 5.56 Å². The number of hydrogen-bond donors (Lipinski definition) is 2. The summed E-state index contributed by atoms with van der Waals surface area (Å²) < 4.78 is 1.49. The van der Waals surface area contributed by atoms with Crippen molar-refractivity contribution in [3.05, 3.63) is 76.7 Å². The summed E-state index contributed by atoms with van der Waals surface area (Å²) in [5, 5.41) is 7.13. The number of hydrogen-bond acceptors (Lipinski definition) is 3. The first-order valence-electron chi connectivity index (χ1n) is 10.4. The third kappa shape index (κ3) is 5.48. The molecule has 0 aliphatic rings. The summed E-state index contributed by atoms with van der Waals surface area (Å²) in [5.41, 5.74) is 1.83. The first-order valence-corrected chi connectivity index (χ1v) is 10.4. The van der Waals surface area contributed by atoms with E-state index in [-0.39, 0.29) is 11.6 Å². The molecule has 2 amide bonds. The zero-order valence-corrected chi connectivity index (χ0v) is 17.9. The molecule has 0 atom stereocenters. The monoisotopic (exact) mass is 406 g/mol. The van der Waals surface area contributed by atoms with Crippen molar-refractivity contribution in [1.82, 2.24) is 14.8 Å². The highest BCUT2D eigenvalue weighted by Crippen LogP contribution is 2.19. The molecule has 0 bridgehead atoms. The summed E-state index contributed by atoms with van der Waals surface area (Å²) in [7, 11) is 1.69. The average molecular weight is 407 g/mol. The molecule has 6 nitrogen and oxygen atoms in total. The fraction of sp³-hybridized carbons (Fsp3) is 0.333. The van der Waals surface area contributed by atoms with Gasteiger partial charge in [0.1, 0.15) is 0 Å². The van der Waals surface area contributed by atoms with Crippen LogP contribution in [0.2, 0.25) is 0 Å². The molecule has 1 heterocycles. The van der Waals surface area contributed by atoms with Gasteiger partial charge in [-0.05, 0) is 31.9 Å². The van der Waals surface area contributed by atoms with Gasteiger partial charge in [0.15, 0.2) is 0 Å². The second kappa shape index (κ2) is 10.1. The van der Waals surface area contributed by atoms with Crippen LogP contribution < -0.4 is 16.2 Å². The van der Waals surface area contributed by atoms with Gasteiger partial charge in [0, 0.05) is 49.7 Å². The Morgan fingerprint density at radius 1 is 1.03 bits per heavy atom. The van der Waals surface area contributed by atoms with E-state index in [2.05, 4.69) is 53.6 Å². The van der Waals surface area contributed by atoms with Crippen LogP contribution in [0.3, 0.4) is 0 Å². The number of anilines is 1. The molecule has 0 aliphatic heterocycles. The van der Waals surface area contributed by atoms with Crippen molar-refractivity contribution in [2.75, 3.05) is 18.4 Å². The average Bonchev–Trinajstić information content (AvgIpc) is 2.74. The van der Waals surface area contributed by atoms with E-state index in [0.717, 1.165) is 24.9 Å². The van der Waals surface area contributed by atoms with Crippen molar-refractivity contribution in [2.24, 2.45) is 7.05 Å². The SMILES string of the molecule is CC(C)N(CCCNC(=O)Nc1cn(C)c(=O)c2ccccc12)Cc1ccccc1. The van der Waals surface area contributed by atoms with Crippen LogP contribution in [0, 0.1) is 0 Å². The lowest BCUT2D eigenvalue weighted by Gasteiger charge is -2.26. The van der Waals surface area contributed by atoms with Gasteiger partial charge >= 0.3 is 6.03 Å². The van der Waals surface area contributed by atoms with E-state index in [0.29, 0.717) is 23.7 Å². The van der Waals surface area contributed by atoms with Gasteiger partial charge in [-0.1, -0.05) is 48.5 Å². The molecule has 0 radical (unpaired) electrons. The van der Waals surface area contributed by atoms with Crippen LogP contribution in [-0.2, 0) is 13.6 Å². The Morgan fingerprint density at radius 3 is 2.40 bits per heavy atom. The van der Waals surface area contributed by atoms with E-state index < -0.39 is 0 Å². The third-order valence-electron chi connectivity index (χ3n) is 5.21. The number of urea groups is 1. The quantitative estimate of drug-likeness (QED) is 0.557. The first kappa shape index (κ1) is 21.6. The minimum absolute atomic E-state index is 0.0799. The molecule has 6 heteroatoms. The van der Waals surface area contributed by atoms with Crippen molar-refractivity contribution in [1.29, 1.82) is 0 Å². The number of amides is 2. The molecule has 2 N–H and O–H groups in total. The summed E-state index contributed by atoms with van der Waals surface area (Å²) in [6.07, 6.45) is 2.51. The van der Waals surface area contributed by atoms with Crippen LogP contribution >= 0.6 is 0 Å². The minimum Gasteiger partial charge on any atom is -0.338 e. The van der Waals surface area contributed by atoms with Crippen LogP contribution in [0.5, 0.6) is 0 Å². The maximum absolute atomic E-state index is 12.4. The largest absolute Gasteiger partial charge is 0.338 e. The number of rotatable bonds is 8. The summed E-state index contributed by atoms with van der Waals surface area (Å²) in [5.74, 6) is 0. The number of aryl methyl sites for hydroxylation is 1. The molecule has 2 aromatic carbocycles. The van der Waals surface area contributed by atoms with Gasteiger partial charge in [-0.15, -0.1) is 0 Å². The number of benzene rings is 2. The van der Waals surface area contributed by atoms with E-state index in [9.17, 15) is 9.59 Å². The van der Waals surface area contributed by atoms with Crippen LogP contribution in [0.4, 0.5) is 10.5 Å². The van der Waals surface area contributed by atoms with Crippen LogP contribution in [0.15, 0.2) is 65.6 Å². The summed E-state index contributed by atoms with van der Waals surface area (Å²) in [6, 6.07) is 17.9. The Bertz CT molecular complexity index is 1040. The Kier molecular flexibility index (Phi) is 7.25. The Balaban J connectivity index is 1.53. The Morgan fingerprint density at radius 2 is 1.70 bits per heavy atom. The predicted octanol–water partition coefficient (Wildman–Crippen LogP) is 3.96. The summed E-state index contributed by atoms with van der Waals surface area (Å²) >= 11 is 0. The molecule has 0 fully saturated rings. The van der Waals surface area contributed by atoms with Gasteiger partial charge in [0.2, 0.25) is 0 Å². The maximum Gasteiger partial charge on any atom is 0.319 e. The van der Waals surface area contributed by atoms with E-state index in [1.807, 2.05) is 24.3 Å². The van der Waals surface area contributed by atoms with Crippen molar-refractivity contribution < 1.29 is 4.79 Å². The second-order valence-corrected chi connectivity index (χ2v) is 7.79. The normalized spacial score (nSPS) is 11.2. The molecule has 158 valence electrons. The molecule has 0 aliphatic carbocycles. The van der Waals surface area contributed by atoms with Crippen molar-refractivity contribution >= 4 is 22.5 Å². The van der Waals surface area contributed by atoms with Crippen molar-refractivity contribution in [3.8, 4) is 0 Å². The summed E-state index contributed by atoms with van der Waals surface area (Å²) in [6.45, 7) is 6.75. The molecule has 0 saturated carbocycles. The van der Waals surface area contributed by atoms with Gasteiger partial charge in [-0.25, -0.2) is 4.79 Å². The minimum atomic E-state index is -0.266. The lowest BCUT2D eigenvalue weighted by atomic mass is 10.1. The number of nitrogens with one attached hydrogen (secondary N) is 2. The van der Waals surface area contributed by atoms with E-state index in [1.54, 1.807) is 19.3 Å². The molecule has 30 heavy (non-hydrogen) atoms. The summed E-state index contributed by atoms with van der Waals surface area (Å²) in [4.78, 5) is 27.1. The highest BCUT2D eigenvalue weighted by Gasteiger charge is 2.11. The smallest absolute Gasteiger partial charge is 0.319 e. The van der Waals surface area contributed by atoms with E-state index in [1.165, 1.54) is 10.1 Å². The van der Waals surface area contributed by atoms with E-state index >= 15 is 0 Å². The lowest BCUT2D eigenvalue weighted by molar-refractivity contribution is 0.209. The number of aromatic nitrogens is 1. The van der Waals surface area contributed by atoms with Crippen LogP contribution in [0.25, 0.3) is 10.8 Å². The van der Waals surface area contributed by atoms with Crippen LogP contribution in [0.1, 0.15) is 25.8 Å². The van der Waals surface area contributed by atoms with Crippen molar-refractivity contribution in [3.63, 3.8) is 0 Å². The fourth-order valence-electron chi connectivity index (χ4n) is 3.50. The third-order valence-corrected chi connectivity index (χ3v) is 5.21. The molecule has 3 rings (SSSR count). The number of carbonyl (C=O) groups is 1. The standard InChI is InChI=1S/C24H30N4O2/c1-18(2)28(16-19-10-5-4-6-11-19)15-9-14-25-24(30)26-22-17-27(3)23(29)21-13-8-7-12-20(21)22/h4-8,10-13,17-18H,9,14-16H2,1-3H3,(H2,25,26,30). The van der Waals surface area contributed by atoms with Gasteiger partial charge < -0.3 is 15.2 Å². The van der Waals surface area contributed by atoms with E-state index in [4.69, 9.17) is 0 Å². The van der Waals surface area contributed by atoms with Gasteiger partial charge in [-0.3, -0.25) is 9.69 Å². The van der Waals surface area contributed by atoms with Gasteiger partial charge in [0.05, 0.1) is 5.69 Å². The lowest BCUT2D eigenvalue weighted by Crippen LogP contribution is -2.35. The highest BCUT2D eigenvalue weighted by molar-refractivity contribution is 6.00. The number of nitrogens with zero attached hydrogens (tertiary/aromatic N) is 2. The molecule has 1 aromatic heterocycles. The number of fused-ring (bicyclic) bond motifs is 1. The molecule has 0 unspecified atom stereocenters. The molecule has 0 saturated heterocycles. The Labute approximate surface area is 177 Å². The zero-order chi connectivity index (χ0) is 21.5. The zero-order valence-electron chi connectivity index (χ0n) is 17.9. The number of carbonyl (C=O) groups excluding carboxylic acids is 1. The number of pyridine rings is 1. The molecular formula is C24H30N4O2. The molecule has 0 spiro atoms. The second-order valence-electron chi connectivity index (χ2n) is 7.79. The first-order chi connectivity index (χ1) is 14.5. The Hall–Kier alpha value is -3.12. The highest BCUT2D eigenvalue weighted by atomic mass is 16.2. The predicted molar refractivity (Wildman–Crippen MR) is 123 cm³/mol. The fourth-order valence-corrected chi connectivity index (χ4v) is 3.50. The molecule has 3 aromatic rings. The maximum atomic E-state index is 12.4. The van der Waals surface area contributed by atoms with Crippen LogP contribution in [-0.4, -0.2) is 34.6 Å². The molecular weight excluding hydrogens is 376 g/mol. The topological polar surface area (TPSA) is 66.4 Å².